The third-order valence-electron chi connectivity index (χ3n) is 4.17. The number of aliphatic hydroxyl groups is 3. The summed E-state index contributed by atoms with van der Waals surface area (Å²) in [6.07, 6.45) is 0. The summed E-state index contributed by atoms with van der Waals surface area (Å²) in [5.41, 5.74) is -0.428. The highest BCUT2D eigenvalue weighted by Crippen LogP contribution is 2.38. The molecule has 0 atom stereocenters. The van der Waals surface area contributed by atoms with Gasteiger partial charge in [0.15, 0.2) is 17.3 Å². The molecule has 2 aromatic carbocycles. The van der Waals surface area contributed by atoms with Gasteiger partial charge in [-0.15, -0.1) is 0 Å². The largest absolute Gasteiger partial charge is 0.507 e. The standard InChI is InChI=1S/C21H22O10/c22-3-6-28-13-10-15(26)18-17(11-13)31-20(21(19(18)27)30-8-5-24)12-1-2-16(14(25)9-12)29-7-4-23/h1-2,9-11,22-26H,3-8H2. The van der Waals surface area contributed by atoms with Gasteiger partial charge in [-0.3, -0.25) is 4.79 Å². The zero-order valence-electron chi connectivity index (χ0n) is 16.4. The molecule has 0 saturated heterocycles. The Balaban J connectivity index is 2.18. The minimum atomic E-state index is -0.684. The molecule has 0 radical (unpaired) electrons. The molecule has 0 fully saturated rings. The van der Waals surface area contributed by atoms with Gasteiger partial charge in [-0.25, -0.2) is 0 Å². The van der Waals surface area contributed by atoms with E-state index in [4.69, 9.17) is 33.9 Å². The molecule has 0 bridgehead atoms. The van der Waals surface area contributed by atoms with Crippen molar-refractivity contribution in [2.75, 3.05) is 39.6 Å². The van der Waals surface area contributed by atoms with E-state index in [1.165, 1.54) is 30.3 Å². The van der Waals surface area contributed by atoms with Crippen molar-refractivity contribution in [1.82, 2.24) is 0 Å². The van der Waals surface area contributed by atoms with Crippen molar-refractivity contribution < 1.29 is 44.2 Å². The fourth-order valence-electron chi connectivity index (χ4n) is 2.91. The average Bonchev–Trinajstić information content (AvgIpc) is 2.75. The molecule has 0 aliphatic rings. The second kappa shape index (κ2) is 10.0. The van der Waals surface area contributed by atoms with Crippen LogP contribution >= 0.6 is 0 Å². The molecule has 10 nitrogen and oxygen atoms in total. The van der Waals surface area contributed by atoms with E-state index in [-0.39, 0.29) is 84.9 Å². The number of ether oxygens (including phenoxy) is 3. The quantitative estimate of drug-likeness (QED) is 0.311. The Morgan fingerprint density at radius 1 is 0.806 bits per heavy atom. The zero-order valence-corrected chi connectivity index (χ0v) is 16.4. The summed E-state index contributed by atoms with van der Waals surface area (Å²) in [6, 6.07) is 6.81. The van der Waals surface area contributed by atoms with E-state index in [2.05, 4.69) is 0 Å². The first-order chi connectivity index (χ1) is 15.0. The molecule has 1 heterocycles. The predicted molar refractivity (Wildman–Crippen MR) is 109 cm³/mol. The number of hydrogen-bond donors (Lipinski definition) is 5. The number of benzene rings is 2. The van der Waals surface area contributed by atoms with Crippen molar-refractivity contribution in [2.24, 2.45) is 0 Å². The number of phenolic OH excluding ortho intramolecular Hbond substituents is 2. The van der Waals surface area contributed by atoms with Crippen molar-refractivity contribution in [3.8, 4) is 40.1 Å². The maximum Gasteiger partial charge on any atom is 0.239 e. The summed E-state index contributed by atoms with van der Waals surface area (Å²) in [7, 11) is 0. The van der Waals surface area contributed by atoms with Crippen LogP contribution in [0.2, 0.25) is 0 Å². The lowest BCUT2D eigenvalue weighted by Gasteiger charge is -2.14. The molecule has 0 aliphatic carbocycles. The first-order valence-corrected chi connectivity index (χ1v) is 9.38. The van der Waals surface area contributed by atoms with Crippen LogP contribution in [0.25, 0.3) is 22.3 Å². The van der Waals surface area contributed by atoms with Crippen LogP contribution in [0.15, 0.2) is 39.5 Å². The van der Waals surface area contributed by atoms with E-state index in [0.717, 1.165) is 0 Å². The van der Waals surface area contributed by atoms with Gasteiger partial charge < -0.3 is 44.2 Å². The molecule has 0 aliphatic heterocycles. The number of aromatic hydroxyl groups is 2. The molecule has 3 rings (SSSR count). The highest BCUT2D eigenvalue weighted by molar-refractivity contribution is 5.88. The summed E-state index contributed by atoms with van der Waals surface area (Å²) >= 11 is 0. The minimum Gasteiger partial charge on any atom is -0.507 e. The van der Waals surface area contributed by atoms with E-state index in [1.807, 2.05) is 0 Å². The number of rotatable bonds is 10. The Labute approximate surface area is 176 Å². The highest BCUT2D eigenvalue weighted by Gasteiger charge is 2.22. The normalized spacial score (nSPS) is 10.9. The third-order valence-corrected chi connectivity index (χ3v) is 4.17. The van der Waals surface area contributed by atoms with Gasteiger partial charge in [-0.2, -0.15) is 0 Å². The molecule has 10 heteroatoms. The lowest BCUT2D eigenvalue weighted by Crippen LogP contribution is -2.13. The fraction of sp³-hybridized carbons (Fsp3) is 0.286. The van der Waals surface area contributed by atoms with E-state index in [0.29, 0.717) is 0 Å². The van der Waals surface area contributed by atoms with E-state index in [9.17, 15) is 15.0 Å². The number of phenols is 2. The lowest BCUT2D eigenvalue weighted by molar-refractivity contribution is 0.197. The molecule has 0 saturated carbocycles. The Hall–Kier alpha value is -3.47. The summed E-state index contributed by atoms with van der Waals surface area (Å²) in [6.45, 7) is -1.08. The van der Waals surface area contributed by atoms with Crippen molar-refractivity contribution in [3.05, 3.63) is 40.6 Å². The van der Waals surface area contributed by atoms with Crippen LogP contribution in [0.1, 0.15) is 0 Å². The monoisotopic (exact) mass is 434 g/mol. The van der Waals surface area contributed by atoms with Crippen molar-refractivity contribution >= 4 is 11.0 Å². The van der Waals surface area contributed by atoms with E-state index >= 15 is 0 Å². The zero-order chi connectivity index (χ0) is 22.4. The first kappa shape index (κ1) is 22.2. The number of aliphatic hydroxyl groups excluding tert-OH is 3. The molecule has 31 heavy (non-hydrogen) atoms. The van der Waals surface area contributed by atoms with E-state index in [1.54, 1.807) is 0 Å². The second-order valence-corrected chi connectivity index (χ2v) is 6.30. The van der Waals surface area contributed by atoms with Gasteiger partial charge in [0.1, 0.15) is 42.3 Å². The van der Waals surface area contributed by atoms with Crippen LogP contribution in [0.5, 0.6) is 28.7 Å². The molecular weight excluding hydrogens is 412 g/mol. The van der Waals surface area contributed by atoms with Gasteiger partial charge in [0, 0.05) is 17.7 Å². The number of hydrogen-bond acceptors (Lipinski definition) is 10. The molecular formula is C21H22O10. The summed E-state index contributed by atoms with van der Waals surface area (Å²) in [5.74, 6) is -0.679. The van der Waals surface area contributed by atoms with Gasteiger partial charge in [0.25, 0.3) is 0 Å². The van der Waals surface area contributed by atoms with Gasteiger partial charge in [0.05, 0.1) is 19.8 Å². The van der Waals surface area contributed by atoms with Crippen LogP contribution in [0.4, 0.5) is 0 Å². The first-order valence-electron chi connectivity index (χ1n) is 9.38. The number of fused-ring (bicyclic) bond motifs is 1. The fourth-order valence-corrected chi connectivity index (χ4v) is 2.91. The summed E-state index contributed by atoms with van der Waals surface area (Å²) < 4.78 is 21.7. The Morgan fingerprint density at radius 3 is 2.16 bits per heavy atom. The Bertz CT molecular complexity index is 1110. The Morgan fingerprint density at radius 2 is 1.48 bits per heavy atom. The SMILES string of the molecule is O=c1c(OCCO)c(-c2ccc(OCCO)c(O)c2)oc2cc(OCCO)cc(O)c12. The lowest BCUT2D eigenvalue weighted by atomic mass is 10.1. The highest BCUT2D eigenvalue weighted by atomic mass is 16.5. The third kappa shape index (κ3) is 4.82. The van der Waals surface area contributed by atoms with Crippen LogP contribution in [-0.2, 0) is 0 Å². The average molecular weight is 434 g/mol. The molecule has 0 spiro atoms. The Kier molecular flexibility index (Phi) is 7.19. The predicted octanol–water partition coefficient (Wildman–Crippen LogP) is 0.984. The van der Waals surface area contributed by atoms with Crippen LogP contribution in [-0.4, -0.2) is 65.2 Å². The van der Waals surface area contributed by atoms with Crippen molar-refractivity contribution in [3.63, 3.8) is 0 Å². The van der Waals surface area contributed by atoms with Crippen LogP contribution < -0.4 is 19.6 Å². The molecule has 0 amide bonds. The maximum atomic E-state index is 13.0. The van der Waals surface area contributed by atoms with Crippen LogP contribution in [0, 0.1) is 0 Å². The molecule has 5 N–H and O–H groups in total. The van der Waals surface area contributed by atoms with Gasteiger partial charge >= 0.3 is 0 Å². The molecule has 3 aromatic rings. The van der Waals surface area contributed by atoms with Crippen molar-refractivity contribution in [1.29, 1.82) is 0 Å². The smallest absolute Gasteiger partial charge is 0.239 e. The molecule has 166 valence electrons. The van der Waals surface area contributed by atoms with Crippen molar-refractivity contribution in [2.45, 2.75) is 0 Å². The second-order valence-electron chi connectivity index (χ2n) is 6.30. The topological polar surface area (TPSA) is 159 Å². The maximum absolute atomic E-state index is 13.0. The van der Waals surface area contributed by atoms with Crippen LogP contribution in [0.3, 0.4) is 0 Å². The summed E-state index contributed by atoms with van der Waals surface area (Å²) in [5, 5.41) is 47.3. The van der Waals surface area contributed by atoms with E-state index < -0.39 is 11.2 Å². The van der Waals surface area contributed by atoms with Gasteiger partial charge in [-0.1, -0.05) is 0 Å². The van der Waals surface area contributed by atoms with Gasteiger partial charge in [-0.05, 0) is 18.2 Å². The minimum absolute atomic E-state index is 0.00983. The van der Waals surface area contributed by atoms with Gasteiger partial charge in [0.2, 0.25) is 11.2 Å². The molecule has 0 unspecified atom stereocenters. The molecule has 1 aromatic heterocycles. The summed E-state index contributed by atoms with van der Waals surface area (Å²) in [4.78, 5) is 13.0.